The molecule has 0 spiro atoms. The van der Waals surface area contributed by atoms with E-state index >= 15 is 0 Å². The van der Waals surface area contributed by atoms with Crippen molar-refractivity contribution < 1.29 is 20.1 Å². The molecule has 0 amide bonds. The zero-order valence-corrected chi connectivity index (χ0v) is 14.7. The number of aliphatic hydroxyl groups is 3. The fraction of sp³-hybridized carbons (Fsp3) is 0.263. The van der Waals surface area contributed by atoms with Crippen molar-refractivity contribution in [2.24, 2.45) is 0 Å². The summed E-state index contributed by atoms with van der Waals surface area (Å²) in [5, 5.41) is 31.2. The van der Waals surface area contributed by atoms with Crippen LogP contribution >= 0.6 is 11.6 Å². The largest absolute Gasteiger partial charge is 0.497 e. The maximum absolute atomic E-state index is 10.9. The normalized spacial score (nSPS) is 12.8. The molecule has 1 heterocycles. The van der Waals surface area contributed by atoms with Crippen molar-refractivity contribution >= 4 is 22.5 Å². The third kappa shape index (κ3) is 3.37. The van der Waals surface area contributed by atoms with Gasteiger partial charge in [0.15, 0.2) is 12.5 Å². The number of hydrogen-bond acceptors (Lipinski definition) is 4. The number of hydrogen-bond donors (Lipinski definition) is 3. The van der Waals surface area contributed by atoms with E-state index < -0.39 is 12.5 Å². The first kappa shape index (κ1) is 17.8. The molecular formula is C19H20ClNO4. The molecule has 0 aliphatic heterocycles. The second kappa shape index (κ2) is 7.06. The van der Waals surface area contributed by atoms with Crippen LogP contribution < -0.4 is 4.74 Å². The van der Waals surface area contributed by atoms with E-state index in [2.05, 4.69) is 0 Å². The van der Waals surface area contributed by atoms with Gasteiger partial charge in [-0.25, -0.2) is 0 Å². The van der Waals surface area contributed by atoms with E-state index in [-0.39, 0.29) is 6.42 Å². The van der Waals surface area contributed by atoms with Gasteiger partial charge in [0.2, 0.25) is 0 Å². The van der Waals surface area contributed by atoms with Crippen LogP contribution in [0.15, 0.2) is 42.5 Å². The van der Waals surface area contributed by atoms with Crippen LogP contribution in [0.3, 0.4) is 0 Å². The Morgan fingerprint density at radius 2 is 1.76 bits per heavy atom. The molecule has 0 bridgehead atoms. The fourth-order valence-corrected chi connectivity index (χ4v) is 3.28. The summed E-state index contributed by atoms with van der Waals surface area (Å²) in [7, 11) is 1.58. The van der Waals surface area contributed by atoms with E-state index in [1.165, 1.54) is 0 Å². The van der Waals surface area contributed by atoms with Crippen LogP contribution in [0.5, 0.6) is 5.75 Å². The molecule has 0 radical (unpaired) electrons. The van der Waals surface area contributed by atoms with E-state index in [0.717, 1.165) is 22.2 Å². The molecule has 3 aromatic rings. The lowest BCUT2D eigenvalue weighted by atomic mass is 10.1. The van der Waals surface area contributed by atoms with Gasteiger partial charge < -0.3 is 24.6 Å². The zero-order chi connectivity index (χ0) is 18.1. The molecule has 1 atom stereocenters. The molecule has 6 heteroatoms. The highest BCUT2D eigenvalue weighted by Crippen LogP contribution is 2.34. The molecule has 1 aromatic heterocycles. The van der Waals surface area contributed by atoms with Gasteiger partial charge in [0.1, 0.15) is 5.75 Å². The van der Waals surface area contributed by atoms with Crippen molar-refractivity contribution in [3.05, 3.63) is 64.3 Å². The van der Waals surface area contributed by atoms with Crippen molar-refractivity contribution in [3.63, 3.8) is 0 Å². The summed E-state index contributed by atoms with van der Waals surface area (Å²) in [6, 6.07) is 12.5. The molecule has 0 saturated carbocycles. The van der Waals surface area contributed by atoms with E-state index in [0.29, 0.717) is 16.3 Å². The van der Waals surface area contributed by atoms with Gasteiger partial charge in [-0.1, -0.05) is 23.7 Å². The Hall–Kier alpha value is -2.05. The van der Waals surface area contributed by atoms with Crippen LogP contribution in [0.2, 0.25) is 5.02 Å². The van der Waals surface area contributed by atoms with Crippen molar-refractivity contribution in [3.8, 4) is 5.75 Å². The second-order valence-corrected chi connectivity index (χ2v) is 6.36. The summed E-state index contributed by atoms with van der Waals surface area (Å²) < 4.78 is 7.05. The predicted octanol–water partition coefficient (Wildman–Crippen LogP) is 3.00. The zero-order valence-electron chi connectivity index (χ0n) is 14.0. The third-order valence-corrected chi connectivity index (χ3v) is 4.64. The molecule has 5 nitrogen and oxygen atoms in total. The second-order valence-electron chi connectivity index (χ2n) is 5.93. The average molecular weight is 362 g/mol. The van der Waals surface area contributed by atoms with E-state index in [4.69, 9.17) is 16.3 Å². The highest BCUT2D eigenvalue weighted by atomic mass is 35.5. The molecule has 0 aliphatic rings. The summed E-state index contributed by atoms with van der Waals surface area (Å²) in [6.07, 6.45) is -2.33. The highest BCUT2D eigenvalue weighted by molar-refractivity contribution is 6.30. The number of rotatable bonds is 5. The maximum Gasteiger partial charge on any atom is 0.157 e. The first-order valence-corrected chi connectivity index (χ1v) is 8.27. The minimum Gasteiger partial charge on any atom is -0.497 e. The van der Waals surface area contributed by atoms with Crippen LogP contribution in [0.1, 0.15) is 23.0 Å². The van der Waals surface area contributed by atoms with Crippen molar-refractivity contribution in [2.45, 2.75) is 25.9 Å². The third-order valence-electron chi connectivity index (χ3n) is 4.39. The van der Waals surface area contributed by atoms with Crippen LogP contribution in [0.4, 0.5) is 0 Å². The topological polar surface area (TPSA) is 74.8 Å². The lowest BCUT2D eigenvalue weighted by Crippen LogP contribution is -2.13. The molecule has 1 unspecified atom stereocenters. The molecule has 132 valence electrons. The van der Waals surface area contributed by atoms with Crippen LogP contribution in [-0.4, -0.2) is 33.3 Å². The number of ether oxygens (including phenoxy) is 1. The Kier molecular flexibility index (Phi) is 5.01. The number of halogens is 1. The van der Waals surface area contributed by atoms with Gasteiger partial charge in [0.05, 0.1) is 12.6 Å². The van der Waals surface area contributed by atoms with E-state index in [9.17, 15) is 15.3 Å². The standard InChI is InChI=1S/C19H20ClNO4/c1-11-15(10-18(22)23)16-9-14(25-2)7-8-17(16)21(11)19(24)12-3-5-13(20)6-4-12/h3-9,18-19,22-24H,10H2,1-2H3. The summed E-state index contributed by atoms with van der Waals surface area (Å²) in [6.45, 7) is 1.85. The molecular weight excluding hydrogens is 342 g/mol. The first-order valence-electron chi connectivity index (χ1n) is 7.89. The Bertz CT molecular complexity index is 887. The Morgan fingerprint density at radius 1 is 1.08 bits per heavy atom. The molecule has 0 aliphatic carbocycles. The smallest absolute Gasteiger partial charge is 0.157 e. The quantitative estimate of drug-likeness (QED) is 0.611. The monoisotopic (exact) mass is 361 g/mol. The van der Waals surface area contributed by atoms with Crippen molar-refractivity contribution in [1.82, 2.24) is 4.57 Å². The van der Waals surface area contributed by atoms with Crippen molar-refractivity contribution in [1.29, 1.82) is 0 Å². The molecule has 2 aromatic carbocycles. The van der Waals surface area contributed by atoms with Gasteiger partial charge in [-0.05, 0) is 42.8 Å². The Morgan fingerprint density at radius 3 is 2.36 bits per heavy atom. The summed E-state index contributed by atoms with van der Waals surface area (Å²) in [5.74, 6) is 0.666. The number of fused-ring (bicyclic) bond motifs is 1. The van der Waals surface area contributed by atoms with Crippen LogP contribution in [0.25, 0.3) is 10.9 Å². The van der Waals surface area contributed by atoms with Crippen molar-refractivity contribution in [2.75, 3.05) is 7.11 Å². The SMILES string of the molecule is COc1ccc2c(c1)c(CC(O)O)c(C)n2C(O)c1ccc(Cl)cc1. The van der Waals surface area contributed by atoms with Gasteiger partial charge >= 0.3 is 0 Å². The first-order chi connectivity index (χ1) is 11.9. The van der Waals surface area contributed by atoms with Crippen LogP contribution in [0, 0.1) is 6.92 Å². The number of nitrogens with zero attached hydrogens (tertiary/aromatic N) is 1. The molecule has 3 rings (SSSR count). The molecule has 0 fully saturated rings. The molecule has 0 saturated heterocycles. The Labute approximate surface area is 150 Å². The summed E-state index contributed by atoms with van der Waals surface area (Å²) in [4.78, 5) is 0. The average Bonchev–Trinajstić information content (AvgIpc) is 2.86. The summed E-state index contributed by atoms with van der Waals surface area (Å²) >= 11 is 5.93. The van der Waals surface area contributed by atoms with Gasteiger partial charge in [-0.2, -0.15) is 0 Å². The Balaban J connectivity index is 2.20. The fourth-order valence-electron chi connectivity index (χ4n) is 3.15. The van der Waals surface area contributed by atoms with Gasteiger partial charge in [-0.15, -0.1) is 0 Å². The van der Waals surface area contributed by atoms with Gasteiger partial charge in [0, 0.05) is 28.1 Å². The number of benzene rings is 2. The van der Waals surface area contributed by atoms with Crippen LogP contribution in [-0.2, 0) is 6.42 Å². The number of methoxy groups -OCH3 is 1. The number of aromatic nitrogens is 1. The lowest BCUT2D eigenvalue weighted by Gasteiger charge is -2.17. The van der Waals surface area contributed by atoms with E-state index in [1.807, 2.05) is 25.1 Å². The molecule has 25 heavy (non-hydrogen) atoms. The highest BCUT2D eigenvalue weighted by Gasteiger charge is 2.21. The molecule has 3 N–H and O–H groups in total. The summed E-state index contributed by atoms with van der Waals surface area (Å²) in [5.41, 5.74) is 3.00. The minimum absolute atomic E-state index is 0.0653. The van der Waals surface area contributed by atoms with E-state index in [1.54, 1.807) is 35.9 Å². The predicted molar refractivity (Wildman–Crippen MR) is 97.0 cm³/mol. The maximum atomic E-state index is 10.9. The number of aliphatic hydroxyl groups excluding tert-OH is 2. The minimum atomic E-state index is -1.48. The lowest BCUT2D eigenvalue weighted by molar-refractivity contribution is -0.0381. The van der Waals surface area contributed by atoms with Gasteiger partial charge in [0.25, 0.3) is 0 Å². The van der Waals surface area contributed by atoms with Gasteiger partial charge in [-0.3, -0.25) is 0 Å².